The van der Waals surface area contributed by atoms with Crippen LogP contribution in [-0.4, -0.2) is 29.9 Å². The molecule has 2 aliphatic carbocycles. The molecule has 2 fully saturated rings. The van der Waals surface area contributed by atoms with Gasteiger partial charge in [-0.1, -0.05) is 44.6 Å². The quantitative estimate of drug-likeness (QED) is 0.631. The maximum Gasteiger partial charge on any atom is 0.249 e. The van der Waals surface area contributed by atoms with Crippen LogP contribution in [-0.2, 0) is 9.59 Å². The van der Waals surface area contributed by atoms with Crippen LogP contribution in [0.25, 0.3) is 0 Å². The molecule has 0 spiro atoms. The van der Waals surface area contributed by atoms with Crippen LogP contribution in [0.3, 0.4) is 0 Å². The average molecular weight is 450 g/mol. The molecule has 33 heavy (non-hydrogen) atoms. The Morgan fingerprint density at radius 2 is 1.61 bits per heavy atom. The third-order valence-corrected chi connectivity index (χ3v) is 6.97. The summed E-state index contributed by atoms with van der Waals surface area (Å²) in [5.41, 5.74) is 1.28. The number of nitrogens with one attached hydrogen (secondary N) is 1. The zero-order valence-electron chi connectivity index (χ0n) is 19.5. The lowest BCUT2D eigenvalue weighted by Gasteiger charge is -2.35. The van der Waals surface area contributed by atoms with Gasteiger partial charge in [-0.15, -0.1) is 0 Å². The van der Waals surface area contributed by atoms with E-state index in [-0.39, 0.29) is 23.8 Å². The largest absolute Gasteiger partial charge is 0.497 e. The fourth-order valence-corrected chi connectivity index (χ4v) is 5.14. The molecule has 1 aromatic heterocycles. The maximum absolute atomic E-state index is 14.0. The van der Waals surface area contributed by atoms with Crippen LogP contribution in [0.4, 0.5) is 5.69 Å². The summed E-state index contributed by atoms with van der Waals surface area (Å²) >= 11 is 0. The molecule has 2 saturated carbocycles. The second-order valence-electron chi connectivity index (χ2n) is 9.24. The van der Waals surface area contributed by atoms with Gasteiger partial charge in [0.1, 0.15) is 5.75 Å². The predicted octanol–water partition coefficient (Wildman–Crippen LogP) is 5.19. The Kier molecular flexibility index (Phi) is 7.97. The van der Waals surface area contributed by atoms with Crippen molar-refractivity contribution in [3.63, 3.8) is 0 Å². The molecule has 0 bridgehead atoms. The number of carbonyl (C=O) groups is 2. The van der Waals surface area contributed by atoms with Crippen LogP contribution >= 0.6 is 0 Å². The van der Waals surface area contributed by atoms with Crippen LogP contribution in [0, 0.1) is 5.92 Å². The third-order valence-electron chi connectivity index (χ3n) is 6.97. The number of hydrogen-bond acceptors (Lipinski definition) is 4. The number of pyridine rings is 1. The Hall–Kier alpha value is -2.89. The van der Waals surface area contributed by atoms with Crippen molar-refractivity contribution >= 4 is 17.5 Å². The fourth-order valence-electron chi connectivity index (χ4n) is 5.14. The Morgan fingerprint density at radius 1 is 0.939 bits per heavy atom. The monoisotopic (exact) mass is 449 g/mol. The molecule has 4 rings (SSSR count). The number of benzene rings is 1. The van der Waals surface area contributed by atoms with E-state index in [1.807, 2.05) is 42.5 Å². The van der Waals surface area contributed by atoms with Crippen LogP contribution in [0.2, 0.25) is 0 Å². The SMILES string of the molecule is COc1ccc(N(C(=O)C2CCCCC2)C(C(=O)NC2CCCCC2)c2ccccn2)cc1. The minimum atomic E-state index is -0.809. The second kappa shape index (κ2) is 11.3. The van der Waals surface area contributed by atoms with Crippen LogP contribution < -0.4 is 15.0 Å². The highest BCUT2D eigenvalue weighted by atomic mass is 16.5. The number of ether oxygens (including phenoxy) is 1. The lowest BCUT2D eigenvalue weighted by Crippen LogP contribution is -2.49. The van der Waals surface area contributed by atoms with Crippen molar-refractivity contribution in [2.24, 2.45) is 5.92 Å². The van der Waals surface area contributed by atoms with Gasteiger partial charge in [0.15, 0.2) is 6.04 Å². The van der Waals surface area contributed by atoms with Gasteiger partial charge < -0.3 is 10.1 Å². The number of aromatic nitrogens is 1. The van der Waals surface area contributed by atoms with Crippen molar-refractivity contribution < 1.29 is 14.3 Å². The zero-order chi connectivity index (χ0) is 23.0. The summed E-state index contributed by atoms with van der Waals surface area (Å²) in [6.45, 7) is 0. The highest BCUT2D eigenvalue weighted by molar-refractivity contribution is 6.02. The summed E-state index contributed by atoms with van der Waals surface area (Å²) in [6, 6.07) is 12.3. The van der Waals surface area contributed by atoms with Crippen molar-refractivity contribution in [2.45, 2.75) is 76.3 Å². The van der Waals surface area contributed by atoms with Crippen molar-refractivity contribution in [3.8, 4) is 5.75 Å². The number of hydrogen-bond donors (Lipinski definition) is 1. The molecule has 1 N–H and O–H groups in total. The predicted molar refractivity (Wildman–Crippen MR) is 129 cm³/mol. The Labute approximate surface area is 196 Å². The molecule has 2 amide bonds. The highest BCUT2D eigenvalue weighted by Gasteiger charge is 2.38. The molecule has 6 heteroatoms. The molecule has 0 aliphatic heterocycles. The van der Waals surface area contributed by atoms with Gasteiger partial charge >= 0.3 is 0 Å². The first-order valence-electron chi connectivity index (χ1n) is 12.4. The number of nitrogens with zero attached hydrogens (tertiary/aromatic N) is 2. The van der Waals surface area contributed by atoms with E-state index in [1.54, 1.807) is 18.2 Å². The number of methoxy groups -OCH3 is 1. The van der Waals surface area contributed by atoms with Gasteiger partial charge in [0.25, 0.3) is 0 Å². The molecule has 1 aromatic carbocycles. The van der Waals surface area contributed by atoms with Crippen LogP contribution in [0.5, 0.6) is 5.75 Å². The van der Waals surface area contributed by atoms with E-state index in [0.717, 1.165) is 57.8 Å². The molecule has 6 nitrogen and oxygen atoms in total. The van der Waals surface area contributed by atoms with E-state index in [9.17, 15) is 9.59 Å². The third kappa shape index (κ3) is 5.73. The molecule has 0 radical (unpaired) electrons. The minimum absolute atomic E-state index is 0.00862. The van der Waals surface area contributed by atoms with Crippen LogP contribution in [0.1, 0.15) is 75.9 Å². The minimum Gasteiger partial charge on any atom is -0.497 e. The first kappa shape index (κ1) is 23.3. The highest BCUT2D eigenvalue weighted by Crippen LogP contribution is 2.34. The summed E-state index contributed by atoms with van der Waals surface area (Å²) in [5, 5.41) is 3.25. The molecule has 176 valence electrons. The molecular weight excluding hydrogens is 414 g/mol. The molecule has 2 aliphatic rings. The molecule has 0 saturated heterocycles. The molecular formula is C27H35N3O3. The number of anilines is 1. The number of amides is 2. The second-order valence-corrected chi connectivity index (χ2v) is 9.24. The van der Waals surface area contributed by atoms with E-state index >= 15 is 0 Å². The lowest BCUT2D eigenvalue weighted by molar-refractivity contribution is -0.129. The van der Waals surface area contributed by atoms with Crippen molar-refractivity contribution in [1.82, 2.24) is 10.3 Å². The van der Waals surface area contributed by atoms with Gasteiger partial charge in [-0.05, 0) is 62.1 Å². The Bertz CT molecular complexity index is 904. The smallest absolute Gasteiger partial charge is 0.249 e. The number of rotatable bonds is 7. The van der Waals surface area contributed by atoms with Gasteiger partial charge in [0.2, 0.25) is 11.8 Å². The lowest BCUT2D eigenvalue weighted by atomic mass is 9.87. The summed E-state index contributed by atoms with van der Waals surface area (Å²) < 4.78 is 5.32. The molecule has 2 aromatic rings. The normalized spacial score (nSPS) is 18.3. The number of carbonyl (C=O) groups excluding carboxylic acids is 2. The topological polar surface area (TPSA) is 71.5 Å². The zero-order valence-corrected chi connectivity index (χ0v) is 19.5. The van der Waals surface area contributed by atoms with Gasteiger partial charge in [-0.25, -0.2) is 0 Å². The Balaban J connectivity index is 1.72. The standard InChI is InChI=1S/C27H35N3O3/c1-33-23-17-15-22(16-18-23)30(27(32)20-10-4-2-5-11-20)25(24-14-8-9-19-28-24)26(31)29-21-12-6-3-7-13-21/h8-9,14-21,25H,2-7,10-13H2,1H3,(H,29,31). The van der Waals surface area contributed by atoms with E-state index < -0.39 is 6.04 Å². The van der Waals surface area contributed by atoms with Crippen molar-refractivity contribution in [3.05, 3.63) is 54.4 Å². The summed E-state index contributed by atoms with van der Waals surface area (Å²) in [5.74, 6) is 0.495. The van der Waals surface area contributed by atoms with Gasteiger partial charge in [-0.3, -0.25) is 19.5 Å². The van der Waals surface area contributed by atoms with Gasteiger partial charge in [0.05, 0.1) is 12.8 Å². The van der Waals surface area contributed by atoms with E-state index in [1.165, 1.54) is 6.42 Å². The van der Waals surface area contributed by atoms with Gasteiger partial charge in [0, 0.05) is 23.8 Å². The first-order valence-corrected chi connectivity index (χ1v) is 12.4. The summed E-state index contributed by atoms with van der Waals surface area (Å²) in [4.78, 5) is 33.9. The van der Waals surface area contributed by atoms with Crippen molar-refractivity contribution in [2.75, 3.05) is 12.0 Å². The van der Waals surface area contributed by atoms with Crippen LogP contribution in [0.15, 0.2) is 48.7 Å². The average Bonchev–Trinajstić information content (AvgIpc) is 2.88. The van der Waals surface area contributed by atoms with E-state index in [4.69, 9.17) is 4.74 Å². The van der Waals surface area contributed by atoms with E-state index in [0.29, 0.717) is 17.1 Å². The fraction of sp³-hybridized carbons (Fsp3) is 0.519. The summed E-state index contributed by atoms with van der Waals surface area (Å²) in [6.07, 6.45) is 12.1. The Morgan fingerprint density at radius 3 is 2.21 bits per heavy atom. The molecule has 1 atom stereocenters. The van der Waals surface area contributed by atoms with Gasteiger partial charge in [-0.2, -0.15) is 0 Å². The maximum atomic E-state index is 14.0. The first-order chi connectivity index (χ1) is 16.2. The summed E-state index contributed by atoms with van der Waals surface area (Å²) in [7, 11) is 1.62. The molecule has 1 heterocycles. The molecule has 1 unspecified atom stereocenters. The van der Waals surface area contributed by atoms with E-state index in [2.05, 4.69) is 10.3 Å². The van der Waals surface area contributed by atoms with Crippen molar-refractivity contribution in [1.29, 1.82) is 0 Å².